The van der Waals surface area contributed by atoms with E-state index in [0.29, 0.717) is 29.8 Å². The van der Waals surface area contributed by atoms with E-state index in [9.17, 15) is 9.90 Å². The lowest BCUT2D eigenvalue weighted by Gasteiger charge is -2.30. The average molecular weight is 278 g/mol. The summed E-state index contributed by atoms with van der Waals surface area (Å²) < 4.78 is 0. The number of aromatic hydroxyl groups is 1. The zero-order valence-electron chi connectivity index (χ0n) is 13.1. The van der Waals surface area contributed by atoms with Crippen LogP contribution in [0.25, 0.3) is 0 Å². The fourth-order valence-corrected chi connectivity index (χ4v) is 2.31. The molecule has 0 heterocycles. The molecule has 1 rings (SSSR count). The molecule has 1 amide bonds. The van der Waals surface area contributed by atoms with E-state index in [1.54, 1.807) is 25.1 Å². The number of hydrogen-bond donors (Lipinski definition) is 2. The molecule has 0 aliphatic carbocycles. The summed E-state index contributed by atoms with van der Waals surface area (Å²) in [6, 6.07) is 5.82. The monoisotopic (exact) mass is 278 g/mol. The van der Waals surface area contributed by atoms with E-state index in [1.165, 1.54) is 0 Å². The van der Waals surface area contributed by atoms with Crippen LogP contribution in [0.2, 0.25) is 0 Å². The van der Waals surface area contributed by atoms with Crippen molar-refractivity contribution in [1.29, 1.82) is 0 Å². The Morgan fingerprint density at radius 1 is 1.25 bits per heavy atom. The highest BCUT2D eigenvalue weighted by molar-refractivity contribution is 5.94. The molecule has 20 heavy (non-hydrogen) atoms. The van der Waals surface area contributed by atoms with Gasteiger partial charge in [0.15, 0.2) is 0 Å². The molecule has 0 radical (unpaired) electrons. The molecule has 0 unspecified atom stereocenters. The number of aryl methyl sites for hydroxylation is 1. The number of carbonyl (C=O) groups excluding carboxylic acids is 1. The van der Waals surface area contributed by atoms with E-state index >= 15 is 0 Å². The molecular weight excluding hydrogens is 252 g/mol. The van der Waals surface area contributed by atoms with Crippen LogP contribution in [-0.2, 0) is 0 Å². The molecule has 112 valence electrons. The molecule has 4 nitrogen and oxygen atoms in total. The van der Waals surface area contributed by atoms with Crippen LogP contribution in [0.4, 0.5) is 0 Å². The van der Waals surface area contributed by atoms with Gasteiger partial charge in [-0.3, -0.25) is 9.69 Å². The minimum Gasteiger partial charge on any atom is -0.508 e. The number of nitrogens with zero attached hydrogens (tertiary/aromatic N) is 1. The van der Waals surface area contributed by atoms with Crippen LogP contribution in [-0.4, -0.2) is 41.1 Å². The van der Waals surface area contributed by atoms with Crippen molar-refractivity contribution in [3.8, 4) is 5.75 Å². The van der Waals surface area contributed by atoms with Crippen molar-refractivity contribution < 1.29 is 9.90 Å². The third-order valence-corrected chi connectivity index (χ3v) is 3.44. The van der Waals surface area contributed by atoms with Crippen LogP contribution in [0.15, 0.2) is 18.2 Å². The van der Waals surface area contributed by atoms with Crippen LogP contribution >= 0.6 is 0 Å². The standard InChI is InChI=1S/C16H26N2O2/c1-11(2)18(12(3)4)9-8-17-16(20)14-6-7-15(19)13(5)10-14/h6-7,10-12,19H,8-9H2,1-5H3,(H,17,20). The molecular formula is C16H26N2O2. The predicted octanol–water partition coefficient (Wildman–Crippen LogP) is 2.55. The number of carbonyl (C=O) groups is 1. The maximum absolute atomic E-state index is 12.0. The Morgan fingerprint density at radius 2 is 1.85 bits per heavy atom. The largest absolute Gasteiger partial charge is 0.508 e. The summed E-state index contributed by atoms with van der Waals surface area (Å²) in [5.41, 5.74) is 1.30. The van der Waals surface area contributed by atoms with Gasteiger partial charge in [-0.15, -0.1) is 0 Å². The predicted molar refractivity (Wildman–Crippen MR) is 82.2 cm³/mol. The highest BCUT2D eigenvalue weighted by Crippen LogP contribution is 2.16. The van der Waals surface area contributed by atoms with Gasteiger partial charge in [-0.05, 0) is 58.4 Å². The molecule has 1 aromatic carbocycles. The van der Waals surface area contributed by atoms with Crippen molar-refractivity contribution in [2.24, 2.45) is 0 Å². The summed E-state index contributed by atoms with van der Waals surface area (Å²) in [6.07, 6.45) is 0. The molecule has 0 saturated heterocycles. The topological polar surface area (TPSA) is 52.6 Å². The van der Waals surface area contributed by atoms with Gasteiger partial charge in [0.25, 0.3) is 5.91 Å². The lowest BCUT2D eigenvalue weighted by molar-refractivity contribution is 0.0939. The number of nitrogens with one attached hydrogen (secondary N) is 1. The molecule has 0 aliphatic rings. The van der Waals surface area contributed by atoms with E-state index in [1.807, 2.05) is 0 Å². The van der Waals surface area contributed by atoms with Crippen molar-refractivity contribution >= 4 is 5.91 Å². The molecule has 0 aromatic heterocycles. The van der Waals surface area contributed by atoms with Gasteiger partial charge in [0.2, 0.25) is 0 Å². The fourth-order valence-electron chi connectivity index (χ4n) is 2.31. The lowest BCUT2D eigenvalue weighted by Crippen LogP contribution is -2.42. The number of rotatable bonds is 6. The summed E-state index contributed by atoms with van der Waals surface area (Å²) in [5.74, 6) is 0.118. The first-order valence-electron chi connectivity index (χ1n) is 7.16. The summed E-state index contributed by atoms with van der Waals surface area (Å²) in [4.78, 5) is 14.4. The van der Waals surface area contributed by atoms with Crippen molar-refractivity contribution in [2.45, 2.75) is 46.7 Å². The molecule has 4 heteroatoms. The molecule has 0 aliphatic heterocycles. The molecule has 2 N–H and O–H groups in total. The Hall–Kier alpha value is -1.55. The molecule has 0 fully saturated rings. The van der Waals surface area contributed by atoms with Gasteiger partial charge in [0, 0.05) is 30.7 Å². The smallest absolute Gasteiger partial charge is 0.251 e. The first-order valence-corrected chi connectivity index (χ1v) is 7.16. The zero-order valence-corrected chi connectivity index (χ0v) is 13.1. The molecule has 0 atom stereocenters. The third-order valence-electron chi connectivity index (χ3n) is 3.44. The average Bonchev–Trinajstić information content (AvgIpc) is 2.36. The van der Waals surface area contributed by atoms with Crippen LogP contribution in [0.1, 0.15) is 43.6 Å². The zero-order chi connectivity index (χ0) is 15.3. The van der Waals surface area contributed by atoms with Crippen LogP contribution in [0, 0.1) is 6.92 Å². The van der Waals surface area contributed by atoms with Gasteiger partial charge in [-0.1, -0.05) is 0 Å². The first-order chi connectivity index (χ1) is 9.32. The first kappa shape index (κ1) is 16.5. The number of phenolic OH excluding ortho intramolecular Hbond substituents is 1. The molecule has 0 saturated carbocycles. The number of benzene rings is 1. The van der Waals surface area contributed by atoms with E-state index < -0.39 is 0 Å². The van der Waals surface area contributed by atoms with Crippen LogP contribution in [0.5, 0.6) is 5.75 Å². The molecule has 0 bridgehead atoms. The van der Waals surface area contributed by atoms with Crippen molar-refractivity contribution in [2.75, 3.05) is 13.1 Å². The quantitative estimate of drug-likeness (QED) is 0.841. The highest BCUT2D eigenvalue weighted by Gasteiger charge is 2.13. The van der Waals surface area contributed by atoms with Gasteiger partial charge < -0.3 is 10.4 Å². The Balaban J connectivity index is 2.53. The Morgan fingerprint density at radius 3 is 2.35 bits per heavy atom. The fraction of sp³-hybridized carbons (Fsp3) is 0.562. The van der Waals surface area contributed by atoms with Gasteiger partial charge in [0.1, 0.15) is 5.75 Å². The number of amides is 1. The maximum Gasteiger partial charge on any atom is 0.251 e. The summed E-state index contributed by atoms with van der Waals surface area (Å²) in [6.45, 7) is 11.9. The van der Waals surface area contributed by atoms with Gasteiger partial charge in [-0.25, -0.2) is 0 Å². The SMILES string of the molecule is Cc1cc(C(=O)NCCN(C(C)C)C(C)C)ccc1O. The van der Waals surface area contributed by atoms with Crippen molar-refractivity contribution in [3.05, 3.63) is 29.3 Å². The second-order valence-electron chi connectivity index (χ2n) is 5.68. The number of phenols is 1. The van der Waals surface area contributed by atoms with Crippen molar-refractivity contribution in [1.82, 2.24) is 10.2 Å². The summed E-state index contributed by atoms with van der Waals surface area (Å²) in [7, 11) is 0. The number of hydrogen-bond acceptors (Lipinski definition) is 3. The second kappa shape index (κ2) is 7.29. The van der Waals surface area contributed by atoms with Gasteiger partial charge in [-0.2, -0.15) is 0 Å². The Kier molecular flexibility index (Phi) is 6.02. The van der Waals surface area contributed by atoms with Crippen LogP contribution < -0.4 is 5.32 Å². The summed E-state index contributed by atoms with van der Waals surface area (Å²) >= 11 is 0. The van der Waals surface area contributed by atoms with E-state index in [2.05, 4.69) is 37.9 Å². The van der Waals surface area contributed by atoms with E-state index in [0.717, 1.165) is 6.54 Å². The van der Waals surface area contributed by atoms with Crippen molar-refractivity contribution in [3.63, 3.8) is 0 Å². The van der Waals surface area contributed by atoms with E-state index in [-0.39, 0.29) is 11.7 Å². The Bertz CT molecular complexity index is 448. The molecule has 0 spiro atoms. The third kappa shape index (κ3) is 4.53. The van der Waals surface area contributed by atoms with Gasteiger partial charge >= 0.3 is 0 Å². The second-order valence-corrected chi connectivity index (χ2v) is 5.68. The summed E-state index contributed by atoms with van der Waals surface area (Å²) in [5, 5.41) is 12.4. The lowest BCUT2D eigenvalue weighted by atomic mass is 10.1. The normalized spacial score (nSPS) is 11.4. The highest BCUT2D eigenvalue weighted by atomic mass is 16.3. The minimum atomic E-state index is -0.0967. The van der Waals surface area contributed by atoms with Crippen LogP contribution in [0.3, 0.4) is 0 Å². The minimum absolute atomic E-state index is 0.0967. The molecule has 1 aromatic rings. The maximum atomic E-state index is 12.0. The van der Waals surface area contributed by atoms with Gasteiger partial charge in [0.05, 0.1) is 0 Å². The van der Waals surface area contributed by atoms with E-state index in [4.69, 9.17) is 0 Å². The Labute approximate surface area is 121 Å².